The van der Waals surface area contributed by atoms with Gasteiger partial charge in [0.05, 0.1) is 30.8 Å². The molecule has 94 valence electrons. The van der Waals surface area contributed by atoms with Gasteiger partial charge in [-0.3, -0.25) is 0 Å². The molecule has 1 N–H and O–H groups in total. The first-order chi connectivity index (χ1) is 7.36. The van der Waals surface area contributed by atoms with Gasteiger partial charge < -0.3 is 14.8 Å². The second kappa shape index (κ2) is 4.25. The van der Waals surface area contributed by atoms with Crippen LogP contribution in [-0.4, -0.2) is 51.0 Å². The molecule has 6 heteroatoms. The fourth-order valence-electron chi connectivity index (χ4n) is 2.05. The Morgan fingerprint density at radius 3 is 2.31 bits per heavy atom. The number of ether oxygens (including phenoxy) is 2. The zero-order chi connectivity index (χ0) is 11.8. The van der Waals surface area contributed by atoms with Gasteiger partial charge in [0.25, 0.3) is 0 Å². The maximum absolute atomic E-state index is 11.3. The number of sulfone groups is 1. The van der Waals surface area contributed by atoms with Gasteiger partial charge in [0.2, 0.25) is 0 Å². The van der Waals surface area contributed by atoms with E-state index in [1.165, 1.54) is 0 Å². The summed E-state index contributed by atoms with van der Waals surface area (Å²) in [5, 5.41) is 3.28. The van der Waals surface area contributed by atoms with Crippen LogP contribution in [0.1, 0.15) is 20.3 Å². The molecule has 0 aromatic rings. The van der Waals surface area contributed by atoms with Gasteiger partial charge in [0, 0.05) is 6.04 Å². The maximum atomic E-state index is 11.3. The van der Waals surface area contributed by atoms with Crippen molar-refractivity contribution >= 4 is 9.84 Å². The Kier molecular flexibility index (Phi) is 3.27. The minimum atomic E-state index is -2.81. The first-order valence-electron chi connectivity index (χ1n) is 5.61. The second-order valence-corrected chi connectivity index (χ2v) is 7.21. The molecule has 2 saturated heterocycles. The molecule has 0 aromatic heterocycles. The zero-order valence-electron chi connectivity index (χ0n) is 9.73. The van der Waals surface area contributed by atoms with Gasteiger partial charge in [-0.2, -0.15) is 0 Å². The van der Waals surface area contributed by atoms with Crippen LogP contribution in [0.3, 0.4) is 0 Å². The van der Waals surface area contributed by atoms with E-state index in [0.29, 0.717) is 25.4 Å². The van der Waals surface area contributed by atoms with Gasteiger partial charge in [0.15, 0.2) is 15.6 Å². The molecular weight excluding hydrogens is 230 g/mol. The summed E-state index contributed by atoms with van der Waals surface area (Å²) >= 11 is 0. The Labute approximate surface area is 96.4 Å². The zero-order valence-corrected chi connectivity index (χ0v) is 10.5. The van der Waals surface area contributed by atoms with Crippen molar-refractivity contribution in [3.8, 4) is 0 Å². The second-order valence-electron chi connectivity index (χ2n) is 4.99. The molecular formula is C10H19NO4S. The molecule has 0 bridgehead atoms. The molecule has 2 rings (SSSR count). The lowest BCUT2D eigenvalue weighted by molar-refractivity contribution is -0.253. The van der Waals surface area contributed by atoms with E-state index in [0.717, 1.165) is 0 Å². The molecule has 1 atom stereocenters. The highest BCUT2D eigenvalue weighted by Gasteiger charge is 2.33. The molecule has 16 heavy (non-hydrogen) atoms. The standard InChI is InChI=1S/C10H19NO4S/c1-10(2)14-5-9(6-15-10)11-8-3-4-16(12,13)7-8/h8-9,11H,3-7H2,1-2H3. The van der Waals surface area contributed by atoms with Crippen LogP contribution >= 0.6 is 0 Å². The first kappa shape index (κ1) is 12.3. The van der Waals surface area contributed by atoms with Crippen LogP contribution in [0.5, 0.6) is 0 Å². The lowest BCUT2D eigenvalue weighted by Crippen LogP contribution is -2.51. The molecule has 0 spiro atoms. The van der Waals surface area contributed by atoms with Crippen LogP contribution in [0.4, 0.5) is 0 Å². The van der Waals surface area contributed by atoms with Crippen molar-refractivity contribution in [2.75, 3.05) is 24.7 Å². The quantitative estimate of drug-likeness (QED) is 0.741. The summed E-state index contributed by atoms with van der Waals surface area (Å²) in [4.78, 5) is 0. The topological polar surface area (TPSA) is 64.6 Å². The van der Waals surface area contributed by atoms with Crippen LogP contribution in [-0.2, 0) is 19.3 Å². The lowest BCUT2D eigenvalue weighted by Gasteiger charge is -2.36. The largest absolute Gasteiger partial charge is 0.349 e. The number of hydrogen-bond acceptors (Lipinski definition) is 5. The third kappa shape index (κ3) is 3.16. The molecule has 0 aliphatic carbocycles. The highest BCUT2D eigenvalue weighted by molar-refractivity contribution is 7.91. The molecule has 0 amide bonds. The van der Waals surface area contributed by atoms with Crippen molar-refractivity contribution in [1.82, 2.24) is 5.32 Å². The van der Waals surface area contributed by atoms with Crippen molar-refractivity contribution in [3.05, 3.63) is 0 Å². The Morgan fingerprint density at radius 2 is 1.81 bits per heavy atom. The van der Waals surface area contributed by atoms with Gasteiger partial charge in [-0.05, 0) is 20.3 Å². The normalized spacial score (nSPS) is 34.0. The van der Waals surface area contributed by atoms with Crippen LogP contribution in [0.25, 0.3) is 0 Å². The van der Waals surface area contributed by atoms with E-state index in [1.807, 2.05) is 13.8 Å². The Hall–Kier alpha value is -0.170. The van der Waals surface area contributed by atoms with E-state index in [1.54, 1.807) is 0 Å². The first-order valence-corrected chi connectivity index (χ1v) is 7.43. The van der Waals surface area contributed by atoms with E-state index in [9.17, 15) is 8.42 Å². The molecule has 2 aliphatic heterocycles. The van der Waals surface area contributed by atoms with Gasteiger partial charge in [-0.1, -0.05) is 0 Å². The molecule has 0 saturated carbocycles. The summed E-state index contributed by atoms with van der Waals surface area (Å²) in [6.45, 7) is 4.90. The molecule has 2 fully saturated rings. The lowest BCUT2D eigenvalue weighted by atomic mass is 10.2. The number of rotatable bonds is 2. The minimum Gasteiger partial charge on any atom is -0.349 e. The van der Waals surface area contributed by atoms with E-state index in [2.05, 4.69) is 5.32 Å². The van der Waals surface area contributed by atoms with Crippen molar-refractivity contribution in [2.24, 2.45) is 0 Å². The van der Waals surface area contributed by atoms with Crippen LogP contribution in [0.2, 0.25) is 0 Å². The van der Waals surface area contributed by atoms with Crippen molar-refractivity contribution in [2.45, 2.75) is 38.1 Å². The summed E-state index contributed by atoms with van der Waals surface area (Å²) < 4.78 is 33.6. The maximum Gasteiger partial charge on any atom is 0.162 e. The van der Waals surface area contributed by atoms with Gasteiger partial charge in [-0.15, -0.1) is 0 Å². The number of hydrogen-bond donors (Lipinski definition) is 1. The summed E-state index contributed by atoms with van der Waals surface area (Å²) in [7, 11) is -2.81. The summed E-state index contributed by atoms with van der Waals surface area (Å²) in [6.07, 6.45) is 0.697. The molecule has 5 nitrogen and oxygen atoms in total. The van der Waals surface area contributed by atoms with E-state index in [4.69, 9.17) is 9.47 Å². The summed E-state index contributed by atoms with van der Waals surface area (Å²) in [5.41, 5.74) is 0. The average molecular weight is 249 g/mol. The van der Waals surface area contributed by atoms with E-state index < -0.39 is 15.6 Å². The predicted octanol–water partition coefficient (Wildman–Crippen LogP) is -0.0854. The van der Waals surface area contributed by atoms with Gasteiger partial charge >= 0.3 is 0 Å². The summed E-state index contributed by atoms with van der Waals surface area (Å²) in [5.74, 6) is 0.0252. The molecule has 2 aliphatic rings. The smallest absolute Gasteiger partial charge is 0.162 e. The fourth-order valence-corrected chi connectivity index (χ4v) is 3.73. The SMILES string of the molecule is CC1(C)OCC(NC2CCS(=O)(=O)C2)CO1. The van der Waals surface area contributed by atoms with Crippen molar-refractivity contribution in [3.63, 3.8) is 0 Å². The van der Waals surface area contributed by atoms with Crippen molar-refractivity contribution < 1.29 is 17.9 Å². The van der Waals surface area contributed by atoms with Crippen LogP contribution < -0.4 is 5.32 Å². The number of nitrogens with one attached hydrogen (secondary N) is 1. The van der Waals surface area contributed by atoms with E-state index in [-0.39, 0.29) is 17.8 Å². The Bertz CT molecular complexity index is 342. The Morgan fingerprint density at radius 1 is 1.19 bits per heavy atom. The molecule has 2 heterocycles. The third-order valence-corrected chi connectivity index (χ3v) is 4.74. The fraction of sp³-hybridized carbons (Fsp3) is 1.00. The monoisotopic (exact) mass is 249 g/mol. The predicted molar refractivity (Wildman–Crippen MR) is 60.0 cm³/mol. The third-order valence-electron chi connectivity index (χ3n) is 2.97. The minimum absolute atomic E-state index is 0.0587. The average Bonchev–Trinajstić information content (AvgIpc) is 2.50. The highest BCUT2D eigenvalue weighted by Crippen LogP contribution is 2.18. The van der Waals surface area contributed by atoms with Crippen LogP contribution in [0, 0.1) is 0 Å². The molecule has 0 radical (unpaired) electrons. The molecule has 0 aromatic carbocycles. The summed E-state index contributed by atoms with van der Waals surface area (Å²) in [6, 6.07) is 0.162. The Balaban J connectivity index is 1.80. The van der Waals surface area contributed by atoms with Gasteiger partial charge in [0.1, 0.15) is 0 Å². The van der Waals surface area contributed by atoms with Gasteiger partial charge in [-0.25, -0.2) is 8.42 Å². The molecule has 1 unspecified atom stereocenters. The van der Waals surface area contributed by atoms with Crippen LogP contribution in [0.15, 0.2) is 0 Å². The van der Waals surface area contributed by atoms with Crippen molar-refractivity contribution in [1.29, 1.82) is 0 Å². The van der Waals surface area contributed by atoms with E-state index >= 15 is 0 Å². The highest BCUT2D eigenvalue weighted by atomic mass is 32.2.